The van der Waals surface area contributed by atoms with Gasteiger partial charge in [0.15, 0.2) is 0 Å². The standard InChI is InChI=1S/C18H33N3O4S/c1-3-14(2)7-10-24-9-5-4-6-17(22)21(20-12-15(19)13-26)16-8-11-25-18(16)23/h5,9,14-16,20,26H,3-4,6-8,10-13,19H2,1-2H3/t14-,15?,16+/m0/s1. The quantitative estimate of drug-likeness (QED) is 0.146. The molecule has 1 aliphatic rings. The number of hydrogen-bond donors (Lipinski definition) is 3. The molecule has 1 unspecified atom stereocenters. The minimum absolute atomic E-state index is 0.163. The van der Waals surface area contributed by atoms with E-state index in [0.29, 0.717) is 44.3 Å². The Hall–Kier alpha value is -1.25. The van der Waals surface area contributed by atoms with Crippen molar-refractivity contribution < 1.29 is 19.1 Å². The van der Waals surface area contributed by atoms with E-state index in [4.69, 9.17) is 15.2 Å². The lowest BCUT2D eigenvalue weighted by atomic mass is 10.1. The Kier molecular flexibility index (Phi) is 11.4. The normalized spacial score (nSPS) is 19.4. The fourth-order valence-electron chi connectivity index (χ4n) is 2.38. The smallest absolute Gasteiger partial charge is 0.330 e. The number of ether oxygens (including phenoxy) is 2. The summed E-state index contributed by atoms with van der Waals surface area (Å²) in [6.07, 6.45) is 6.95. The minimum atomic E-state index is -0.592. The van der Waals surface area contributed by atoms with Gasteiger partial charge < -0.3 is 15.2 Å². The molecule has 1 rings (SSSR count). The molecule has 1 fully saturated rings. The summed E-state index contributed by atoms with van der Waals surface area (Å²) in [4.78, 5) is 24.3. The molecule has 3 N–H and O–H groups in total. The van der Waals surface area contributed by atoms with E-state index in [1.807, 2.05) is 6.08 Å². The van der Waals surface area contributed by atoms with E-state index in [9.17, 15) is 9.59 Å². The topological polar surface area (TPSA) is 93.9 Å². The van der Waals surface area contributed by atoms with Gasteiger partial charge in [-0.2, -0.15) is 12.6 Å². The summed E-state index contributed by atoms with van der Waals surface area (Å²) in [6.45, 7) is 5.74. The Balaban J connectivity index is 2.40. The van der Waals surface area contributed by atoms with E-state index in [1.54, 1.807) is 6.26 Å². The molecule has 0 aromatic heterocycles. The number of thiol groups is 1. The first-order chi connectivity index (χ1) is 12.5. The second-order valence-electron chi connectivity index (χ2n) is 6.62. The number of nitrogens with two attached hydrogens (primary N) is 1. The molecular formula is C18H33N3O4S. The van der Waals surface area contributed by atoms with E-state index < -0.39 is 6.04 Å². The summed E-state index contributed by atoms with van der Waals surface area (Å²) < 4.78 is 10.4. The average molecular weight is 388 g/mol. The third-order valence-electron chi connectivity index (χ3n) is 4.39. The van der Waals surface area contributed by atoms with Crippen LogP contribution in [-0.4, -0.2) is 54.5 Å². The molecule has 7 nitrogen and oxygen atoms in total. The maximum atomic E-state index is 12.5. The Bertz CT molecular complexity index is 462. The lowest BCUT2D eigenvalue weighted by Gasteiger charge is -2.28. The zero-order chi connectivity index (χ0) is 19.4. The largest absolute Gasteiger partial charge is 0.502 e. The van der Waals surface area contributed by atoms with Crippen LogP contribution in [0.1, 0.15) is 46.0 Å². The Labute approximate surface area is 162 Å². The maximum Gasteiger partial charge on any atom is 0.330 e. The zero-order valence-electron chi connectivity index (χ0n) is 15.9. The highest BCUT2D eigenvalue weighted by atomic mass is 32.1. The Morgan fingerprint density at radius 1 is 1.58 bits per heavy atom. The van der Waals surface area contributed by atoms with Crippen molar-refractivity contribution in [2.24, 2.45) is 11.7 Å². The van der Waals surface area contributed by atoms with Crippen molar-refractivity contribution >= 4 is 24.5 Å². The molecule has 8 heteroatoms. The van der Waals surface area contributed by atoms with Crippen molar-refractivity contribution in [1.82, 2.24) is 10.4 Å². The number of amides is 1. The summed E-state index contributed by atoms with van der Waals surface area (Å²) in [5.41, 5.74) is 8.81. The molecule has 150 valence electrons. The van der Waals surface area contributed by atoms with Gasteiger partial charge in [-0.15, -0.1) is 0 Å². The third-order valence-corrected chi connectivity index (χ3v) is 4.86. The van der Waals surface area contributed by atoms with Crippen LogP contribution in [0.4, 0.5) is 0 Å². The van der Waals surface area contributed by atoms with Gasteiger partial charge in [0.25, 0.3) is 0 Å². The zero-order valence-corrected chi connectivity index (χ0v) is 16.7. The van der Waals surface area contributed by atoms with Crippen molar-refractivity contribution in [3.05, 3.63) is 12.3 Å². The predicted molar refractivity (Wildman–Crippen MR) is 104 cm³/mol. The monoisotopic (exact) mass is 387 g/mol. The van der Waals surface area contributed by atoms with E-state index in [-0.39, 0.29) is 24.3 Å². The molecule has 1 heterocycles. The number of cyclic esters (lactones) is 1. The lowest BCUT2D eigenvalue weighted by Crippen LogP contribution is -2.54. The fourth-order valence-corrected chi connectivity index (χ4v) is 2.51. The summed E-state index contributed by atoms with van der Waals surface area (Å²) >= 11 is 4.13. The van der Waals surface area contributed by atoms with E-state index in [1.165, 1.54) is 5.01 Å². The summed E-state index contributed by atoms with van der Waals surface area (Å²) in [5, 5.41) is 1.37. The van der Waals surface area contributed by atoms with Gasteiger partial charge in [-0.25, -0.2) is 10.2 Å². The van der Waals surface area contributed by atoms with Crippen LogP contribution in [0.15, 0.2) is 12.3 Å². The molecular weight excluding hydrogens is 354 g/mol. The first-order valence-electron chi connectivity index (χ1n) is 9.34. The van der Waals surface area contributed by atoms with Crippen LogP contribution in [-0.2, 0) is 19.1 Å². The maximum absolute atomic E-state index is 12.5. The molecule has 1 amide bonds. The second kappa shape index (κ2) is 13.0. The number of esters is 1. The van der Waals surface area contributed by atoms with Crippen LogP contribution in [0, 0.1) is 5.92 Å². The number of rotatable bonds is 13. The highest BCUT2D eigenvalue weighted by Crippen LogP contribution is 2.14. The third kappa shape index (κ3) is 8.42. The van der Waals surface area contributed by atoms with Gasteiger partial charge in [-0.3, -0.25) is 9.80 Å². The van der Waals surface area contributed by atoms with Gasteiger partial charge in [0.2, 0.25) is 5.91 Å². The number of hydrogen-bond acceptors (Lipinski definition) is 7. The van der Waals surface area contributed by atoms with Crippen molar-refractivity contribution in [2.75, 3.05) is 25.5 Å². The van der Waals surface area contributed by atoms with E-state index in [2.05, 4.69) is 31.9 Å². The van der Waals surface area contributed by atoms with Crippen LogP contribution >= 0.6 is 12.6 Å². The van der Waals surface area contributed by atoms with E-state index in [0.717, 1.165) is 12.8 Å². The summed E-state index contributed by atoms with van der Waals surface area (Å²) in [6, 6.07) is -0.796. The molecule has 0 radical (unpaired) electrons. The minimum Gasteiger partial charge on any atom is -0.502 e. The first-order valence-corrected chi connectivity index (χ1v) is 9.98. The number of hydrazine groups is 1. The van der Waals surface area contributed by atoms with E-state index >= 15 is 0 Å². The molecule has 26 heavy (non-hydrogen) atoms. The number of carbonyl (C=O) groups is 2. The van der Waals surface area contributed by atoms with Crippen LogP contribution < -0.4 is 11.2 Å². The van der Waals surface area contributed by atoms with Crippen molar-refractivity contribution in [2.45, 2.75) is 58.0 Å². The van der Waals surface area contributed by atoms with Crippen LogP contribution in [0.5, 0.6) is 0 Å². The van der Waals surface area contributed by atoms with Gasteiger partial charge >= 0.3 is 5.97 Å². The summed E-state index contributed by atoms with van der Waals surface area (Å²) in [5.74, 6) is 0.596. The molecule has 3 atom stereocenters. The molecule has 0 saturated carbocycles. The molecule has 0 aliphatic carbocycles. The average Bonchev–Trinajstić information content (AvgIpc) is 3.06. The highest BCUT2D eigenvalue weighted by molar-refractivity contribution is 7.80. The number of allylic oxidation sites excluding steroid dienone is 1. The van der Waals surface area contributed by atoms with Crippen molar-refractivity contribution in [3.63, 3.8) is 0 Å². The highest BCUT2D eigenvalue weighted by Gasteiger charge is 2.35. The van der Waals surface area contributed by atoms with Gasteiger partial charge in [-0.05, 0) is 24.8 Å². The molecule has 1 aliphatic heterocycles. The molecule has 0 spiro atoms. The first kappa shape index (κ1) is 22.8. The summed E-state index contributed by atoms with van der Waals surface area (Å²) in [7, 11) is 0. The predicted octanol–water partition coefficient (Wildman–Crippen LogP) is 1.64. The fraction of sp³-hybridized carbons (Fsp3) is 0.778. The SMILES string of the molecule is CC[C@H](C)CCOC=CCCC(=O)N(NCC(N)CS)[C@@H]1CCOC1=O. The van der Waals surface area contributed by atoms with Gasteiger partial charge in [0.1, 0.15) is 6.04 Å². The van der Waals surface area contributed by atoms with Crippen LogP contribution in [0.2, 0.25) is 0 Å². The van der Waals surface area contributed by atoms with Gasteiger partial charge in [-0.1, -0.05) is 20.3 Å². The van der Waals surface area contributed by atoms with Crippen LogP contribution in [0.25, 0.3) is 0 Å². The van der Waals surface area contributed by atoms with Gasteiger partial charge in [0, 0.05) is 31.2 Å². The lowest BCUT2D eigenvalue weighted by molar-refractivity contribution is -0.150. The van der Waals surface area contributed by atoms with Gasteiger partial charge in [0.05, 0.1) is 19.5 Å². The van der Waals surface area contributed by atoms with Crippen molar-refractivity contribution in [1.29, 1.82) is 0 Å². The number of nitrogens with zero attached hydrogens (tertiary/aromatic N) is 1. The molecule has 0 bridgehead atoms. The number of carbonyl (C=O) groups excluding carboxylic acids is 2. The second-order valence-corrected chi connectivity index (χ2v) is 6.99. The van der Waals surface area contributed by atoms with Crippen molar-refractivity contribution in [3.8, 4) is 0 Å². The Morgan fingerprint density at radius 2 is 2.35 bits per heavy atom. The molecule has 0 aromatic rings. The number of nitrogens with one attached hydrogen (secondary N) is 1. The molecule has 1 saturated heterocycles. The Morgan fingerprint density at radius 3 is 2.96 bits per heavy atom. The molecule has 0 aromatic carbocycles. The van der Waals surface area contributed by atoms with Crippen LogP contribution in [0.3, 0.4) is 0 Å².